The predicted octanol–water partition coefficient (Wildman–Crippen LogP) is 1.67. The van der Waals surface area contributed by atoms with Crippen LogP contribution in [0.5, 0.6) is 0 Å². The van der Waals surface area contributed by atoms with E-state index in [1.54, 1.807) is 13.0 Å². The van der Waals surface area contributed by atoms with Crippen LogP contribution in [-0.4, -0.2) is 41.8 Å². The number of halogens is 1. The van der Waals surface area contributed by atoms with E-state index in [0.717, 1.165) is 0 Å². The Kier molecular flexibility index (Phi) is 5.12. The van der Waals surface area contributed by atoms with Crippen molar-refractivity contribution in [1.82, 2.24) is 9.78 Å². The second kappa shape index (κ2) is 6.72. The summed E-state index contributed by atoms with van der Waals surface area (Å²) in [6.45, 7) is 3.18. The normalized spacial score (nSPS) is 21.2. The van der Waals surface area contributed by atoms with Crippen LogP contribution < -0.4 is 0 Å². The molecule has 2 heterocycles. The average molecular weight is 358 g/mol. The largest absolute Gasteiger partial charge is 0.444 e. The molecular weight excluding hydrogens is 342 g/mol. The minimum atomic E-state index is -3.05. The first-order chi connectivity index (χ1) is 10.7. The van der Waals surface area contributed by atoms with E-state index in [1.165, 1.54) is 23.8 Å². The summed E-state index contributed by atoms with van der Waals surface area (Å²) in [5.41, 5.74) is 1.11. The molecule has 0 aromatic carbocycles. The number of hydrogen-bond acceptors (Lipinski definition) is 6. The molecule has 0 unspecified atom stereocenters. The maximum atomic E-state index is 11.6. The van der Waals surface area contributed by atoms with E-state index in [1.807, 2.05) is 0 Å². The molecule has 0 saturated carbocycles. The van der Waals surface area contributed by atoms with Gasteiger partial charge >= 0.3 is 5.97 Å². The Morgan fingerprint density at radius 3 is 2.87 bits per heavy atom. The number of rotatable bonds is 4. The standard InChI is InChI=1S/C14H16ClN3O4S/c1-9(7-16)22-13(19)4-3-12-10(2)17-18(14(12)15)11-5-6-23(20,21)8-11/h3-4,9,11H,5-6,8H2,1-2H3/b4-3+/t9-,11-/m0/s1. The molecule has 0 N–H and O–H groups in total. The van der Waals surface area contributed by atoms with Crippen LogP contribution in [-0.2, 0) is 19.4 Å². The first-order valence-corrected chi connectivity index (χ1v) is 9.17. The number of aryl methyl sites for hydroxylation is 1. The Bertz CT molecular complexity index is 792. The van der Waals surface area contributed by atoms with Crippen molar-refractivity contribution in [3.8, 4) is 6.07 Å². The zero-order valence-electron chi connectivity index (χ0n) is 12.7. The number of carbonyl (C=O) groups is 1. The molecule has 1 fully saturated rings. The van der Waals surface area contributed by atoms with Crippen LogP contribution in [0.2, 0.25) is 5.15 Å². The van der Waals surface area contributed by atoms with Crippen molar-refractivity contribution < 1.29 is 17.9 Å². The second-order valence-electron chi connectivity index (χ2n) is 5.33. The van der Waals surface area contributed by atoms with Crippen LogP contribution in [0.4, 0.5) is 0 Å². The number of esters is 1. The van der Waals surface area contributed by atoms with Crippen molar-refractivity contribution in [1.29, 1.82) is 5.26 Å². The summed E-state index contributed by atoms with van der Waals surface area (Å²) in [5.74, 6) is -0.527. The number of sulfone groups is 1. The zero-order valence-corrected chi connectivity index (χ0v) is 14.3. The molecule has 1 aromatic rings. The Labute approximate surface area is 139 Å². The van der Waals surface area contributed by atoms with Gasteiger partial charge in [0.15, 0.2) is 15.9 Å². The molecule has 7 nitrogen and oxygen atoms in total. The lowest BCUT2D eigenvalue weighted by Gasteiger charge is -2.09. The highest BCUT2D eigenvalue weighted by molar-refractivity contribution is 7.91. The van der Waals surface area contributed by atoms with Gasteiger partial charge in [-0.25, -0.2) is 17.9 Å². The minimum absolute atomic E-state index is 0.0126. The number of aromatic nitrogens is 2. The fourth-order valence-electron chi connectivity index (χ4n) is 2.32. The second-order valence-corrected chi connectivity index (χ2v) is 7.92. The molecule has 9 heteroatoms. The summed E-state index contributed by atoms with van der Waals surface area (Å²) in [5, 5.41) is 13.1. The number of nitriles is 1. The molecule has 1 aliphatic rings. The van der Waals surface area contributed by atoms with Crippen LogP contribution in [0.25, 0.3) is 6.08 Å². The van der Waals surface area contributed by atoms with Gasteiger partial charge in [0.2, 0.25) is 0 Å². The fourth-order valence-corrected chi connectivity index (χ4v) is 4.39. The third kappa shape index (κ3) is 4.12. The molecule has 23 heavy (non-hydrogen) atoms. The van der Waals surface area contributed by atoms with Gasteiger partial charge in [-0.3, -0.25) is 0 Å². The molecule has 0 amide bonds. The maximum Gasteiger partial charge on any atom is 0.332 e. The molecule has 2 rings (SSSR count). The Morgan fingerprint density at radius 2 is 2.30 bits per heavy atom. The van der Waals surface area contributed by atoms with E-state index in [9.17, 15) is 13.2 Å². The SMILES string of the molecule is Cc1nn([C@H]2CCS(=O)(=O)C2)c(Cl)c1/C=C/C(=O)O[C@@H](C)C#N. The number of carbonyl (C=O) groups excluding carboxylic acids is 1. The molecule has 0 bridgehead atoms. The smallest absolute Gasteiger partial charge is 0.332 e. The molecule has 1 saturated heterocycles. The van der Waals surface area contributed by atoms with Crippen molar-refractivity contribution >= 4 is 33.5 Å². The van der Waals surface area contributed by atoms with Crippen molar-refractivity contribution in [3.63, 3.8) is 0 Å². The molecular formula is C14H16ClN3O4S. The van der Waals surface area contributed by atoms with Crippen molar-refractivity contribution in [3.05, 3.63) is 22.5 Å². The third-order valence-electron chi connectivity index (χ3n) is 3.49. The summed E-state index contributed by atoms with van der Waals surface area (Å²) in [4.78, 5) is 11.5. The number of hydrogen-bond donors (Lipinski definition) is 0. The predicted molar refractivity (Wildman–Crippen MR) is 84.5 cm³/mol. The molecule has 0 aliphatic carbocycles. The lowest BCUT2D eigenvalue weighted by Crippen LogP contribution is -2.12. The first kappa shape index (κ1) is 17.5. The van der Waals surface area contributed by atoms with Crippen LogP contribution >= 0.6 is 11.6 Å². The summed E-state index contributed by atoms with van der Waals surface area (Å²) in [7, 11) is -3.05. The lowest BCUT2D eigenvalue weighted by atomic mass is 10.2. The third-order valence-corrected chi connectivity index (χ3v) is 5.61. The van der Waals surface area contributed by atoms with Crippen LogP contribution in [0.1, 0.15) is 30.6 Å². The van der Waals surface area contributed by atoms with E-state index >= 15 is 0 Å². The molecule has 2 atom stereocenters. The molecule has 0 radical (unpaired) electrons. The molecule has 1 aliphatic heterocycles. The topological polar surface area (TPSA) is 102 Å². The van der Waals surface area contributed by atoms with Gasteiger partial charge in [-0.2, -0.15) is 10.4 Å². The molecule has 0 spiro atoms. The minimum Gasteiger partial charge on any atom is -0.444 e. The van der Waals surface area contributed by atoms with Crippen molar-refractivity contribution in [2.75, 3.05) is 11.5 Å². The highest BCUT2D eigenvalue weighted by Gasteiger charge is 2.31. The highest BCUT2D eigenvalue weighted by atomic mass is 35.5. The number of nitrogens with zero attached hydrogens (tertiary/aromatic N) is 3. The van der Waals surface area contributed by atoms with Crippen LogP contribution in [0, 0.1) is 18.3 Å². The van der Waals surface area contributed by atoms with Gasteiger partial charge in [0, 0.05) is 11.6 Å². The van der Waals surface area contributed by atoms with Crippen molar-refractivity contribution in [2.45, 2.75) is 32.4 Å². The van der Waals surface area contributed by atoms with Gasteiger partial charge in [-0.1, -0.05) is 11.6 Å². The van der Waals surface area contributed by atoms with Gasteiger partial charge < -0.3 is 4.74 Å². The van der Waals surface area contributed by atoms with E-state index in [2.05, 4.69) is 5.10 Å². The van der Waals surface area contributed by atoms with Gasteiger partial charge in [-0.05, 0) is 26.3 Å². The molecule has 124 valence electrons. The average Bonchev–Trinajstić information content (AvgIpc) is 2.96. The van der Waals surface area contributed by atoms with Crippen molar-refractivity contribution in [2.24, 2.45) is 0 Å². The Balaban J connectivity index is 2.19. The summed E-state index contributed by atoms with van der Waals surface area (Å²) < 4.78 is 29.4. The Hall–Kier alpha value is -1.85. The van der Waals surface area contributed by atoms with E-state index in [0.29, 0.717) is 17.7 Å². The van der Waals surface area contributed by atoms with E-state index in [4.69, 9.17) is 21.6 Å². The molecule has 1 aromatic heterocycles. The van der Waals surface area contributed by atoms with E-state index < -0.39 is 21.9 Å². The van der Waals surface area contributed by atoms with Crippen LogP contribution in [0.3, 0.4) is 0 Å². The van der Waals surface area contributed by atoms with E-state index in [-0.39, 0.29) is 22.7 Å². The van der Waals surface area contributed by atoms with Gasteiger partial charge in [0.25, 0.3) is 0 Å². The monoisotopic (exact) mass is 357 g/mol. The summed E-state index contributed by atoms with van der Waals surface area (Å²) in [6, 6.07) is 1.50. The van der Waals surface area contributed by atoms with Gasteiger partial charge in [0.1, 0.15) is 11.2 Å². The fraction of sp³-hybridized carbons (Fsp3) is 0.500. The summed E-state index contributed by atoms with van der Waals surface area (Å²) in [6.07, 6.45) is 2.25. The zero-order chi connectivity index (χ0) is 17.2. The first-order valence-electron chi connectivity index (χ1n) is 6.97. The number of ether oxygens (including phenoxy) is 1. The quantitative estimate of drug-likeness (QED) is 0.600. The van der Waals surface area contributed by atoms with Gasteiger partial charge in [-0.15, -0.1) is 0 Å². The highest BCUT2D eigenvalue weighted by Crippen LogP contribution is 2.30. The van der Waals surface area contributed by atoms with Gasteiger partial charge in [0.05, 0.1) is 23.2 Å². The Morgan fingerprint density at radius 1 is 1.61 bits per heavy atom. The van der Waals surface area contributed by atoms with Crippen LogP contribution in [0.15, 0.2) is 6.08 Å². The maximum absolute atomic E-state index is 11.6. The summed E-state index contributed by atoms with van der Waals surface area (Å²) >= 11 is 6.27. The lowest BCUT2D eigenvalue weighted by molar-refractivity contribution is -0.139.